The van der Waals surface area contributed by atoms with Gasteiger partial charge in [-0.1, -0.05) is 18.2 Å². The summed E-state index contributed by atoms with van der Waals surface area (Å²) in [5, 5.41) is 3.28. The molecule has 0 radical (unpaired) electrons. The van der Waals surface area contributed by atoms with E-state index < -0.39 is 0 Å². The number of hydrogen-bond acceptors (Lipinski definition) is 2. The van der Waals surface area contributed by atoms with Crippen LogP contribution in [0.3, 0.4) is 0 Å². The average molecular weight is 188 g/mol. The number of pyridine rings is 1. The largest absolute Gasteiger partial charge is 0.367 e. The van der Waals surface area contributed by atoms with Gasteiger partial charge in [0.15, 0.2) is 0 Å². The molecular weight excluding hydrogens is 172 g/mol. The maximum absolute atomic E-state index is 4.58. The Labute approximate surface area is 85.1 Å². The van der Waals surface area contributed by atoms with Gasteiger partial charge < -0.3 is 5.32 Å². The number of nitrogens with zero attached hydrogens (tertiary/aromatic N) is 1. The van der Waals surface area contributed by atoms with E-state index in [2.05, 4.69) is 28.5 Å². The van der Waals surface area contributed by atoms with E-state index in [0.29, 0.717) is 0 Å². The minimum atomic E-state index is 0.863. The highest BCUT2D eigenvalue weighted by Gasteiger charge is 2.11. The number of nitrogens with one attached hydrogen (secondary N) is 1. The van der Waals surface area contributed by atoms with Gasteiger partial charge in [-0.2, -0.15) is 0 Å². The Balaban J connectivity index is 2.05. The van der Waals surface area contributed by atoms with Crippen LogP contribution in [0.25, 0.3) is 0 Å². The molecule has 74 valence electrons. The highest BCUT2D eigenvalue weighted by atomic mass is 15.0. The lowest BCUT2D eigenvalue weighted by Gasteiger charge is -2.04. The lowest BCUT2D eigenvalue weighted by atomic mass is 10.2. The van der Waals surface area contributed by atoms with Gasteiger partial charge in [-0.05, 0) is 37.8 Å². The zero-order chi connectivity index (χ0) is 9.80. The fourth-order valence-electron chi connectivity index (χ4n) is 1.80. The summed E-state index contributed by atoms with van der Waals surface area (Å²) >= 11 is 0. The molecule has 0 saturated heterocycles. The minimum Gasteiger partial charge on any atom is -0.367 e. The predicted molar refractivity (Wildman–Crippen MR) is 59.6 cm³/mol. The van der Waals surface area contributed by atoms with Gasteiger partial charge in [0.25, 0.3) is 0 Å². The second-order valence-electron chi connectivity index (χ2n) is 3.61. The molecule has 1 aromatic heterocycles. The third kappa shape index (κ3) is 1.95. The molecule has 0 bridgehead atoms. The summed E-state index contributed by atoms with van der Waals surface area (Å²) in [6.45, 7) is 2.89. The van der Waals surface area contributed by atoms with Crippen molar-refractivity contribution in [1.82, 2.24) is 4.98 Å². The maximum Gasteiger partial charge on any atom is 0.126 e. The van der Waals surface area contributed by atoms with Crippen molar-refractivity contribution in [2.45, 2.75) is 26.2 Å². The smallest absolute Gasteiger partial charge is 0.126 e. The van der Waals surface area contributed by atoms with Crippen molar-refractivity contribution in [1.29, 1.82) is 0 Å². The maximum atomic E-state index is 4.58. The van der Waals surface area contributed by atoms with Gasteiger partial charge in [-0.3, -0.25) is 0 Å². The first-order chi connectivity index (χ1) is 6.90. The molecule has 0 fully saturated rings. The minimum absolute atomic E-state index is 0.863. The molecule has 1 aliphatic carbocycles. The molecule has 1 N–H and O–H groups in total. The van der Waals surface area contributed by atoms with E-state index >= 15 is 0 Å². The van der Waals surface area contributed by atoms with Crippen LogP contribution in [0.2, 0.25) is 0 Å². The third-order valence-corrected chi connectivity index (χ3v) is 2.56. The molecule has 0 aliphatic heterocycles. The van der Waals surface area contributed by atoms with Crippen molar-refractivity contribution >= 4 is 5.82 Å². The summed E-state index contributed by atoms with van der Waals surface area (Å²) in [5.74, 6) is 1.00. The summed E-state index contributed by atoms with van der Waals surface area (Å²) < 4.78 is 0. The Morgan fingerprint density at radius 1 is 1.43 bits per heavy atom. The van der Waals surface area contributed by atoms with Gasteiger partial charge in [-0.25, -0.2) is 4.98 Å². The topological polar surface area (TPSA) is 24.9 Å². The lowest BCUT2D eigenvalue weighted by molar-refractivity contribution is 0.899. The third-order valence-electron chi connectivity index (χ3n) is 2.56. The fourth-order valence-corrected chi connectivity index (χ4v) is 1.80. The van der Waals surface area contributed by atoms with Gasteiger partial charge in [0.05, 0.1) is 0 Å². The summed E-state index contributed by atoms with van der Waals surface area (Å²) in [4.78, 5) is 4.58. The first-order valence-corrected chi connectivity index (χ1v) is 5.24. The molecule has 2 heteroatoms. The molecule has 1 heterocycles. The molecular formula is C12H16N2. The molecule has 0 unspecified atom stereocenters. The van der Waals surface area contributed by atoms with Crippen LogP contribution in [0.4, 0.5) is 5.82 Å². The van der Waals surface area contributed by atoms with Crippen LogP contribution in [0.5, 0.6) is 0 Å². The van der Waals surface area contributed by atoms with E-state index in [1.807, 2.05) is 13.0 Å². The number of anilines is 1. The molecule has 0 aromatic carbocycles. The lowest BCUT2D eigenvalue weighted by Crippen LogP contribution is -2.02. The highest BCUT2D eigenvalue weighted by Crippen LogP contribution is 2.21. The van der Waals surface area contributed by atoms with Crippen molar-refractivity contribution in [3.8, 4) is 0 Å². The number of aryl methyl sites for hydroxylation is 2. The van der Waals surface area contributed by atoms with Crippen LogP contribution in [0.1, 0.15) is 24.6 Å². The fraction of sp³-hybridized carbons (Fsp3) is 0.417. The van der Waals surface area contributed by atoms with Gasteiger partial charge in [0.1, 0.15) is 5.82 Å². The van der Waals surface area contributed by atoms with E-state index in [-0.39, 0.29) is 0 Å². The Morgan fingerprint density at radius 2 is 2.36 bits per heavy atom. The van der Waals surface area contributed by atoms with Crippen molar-refractivity contribution < 1.29 is 0 Å². The van der Waals surface area contributed by atoms with Crippen LogP contribution >= 0.6 is 0 Å². The zero-order valence-corrected chi connectivity index (χ0v) is 8.59. The second-order valence-corrected chi connectivity index (χ2v) is 3.61. The number of allylic oxidation sites excluding steroid dienone is 1. The number of hydrogen-bond donors (Lipinski definition) is 1. The summed E-state index contributed by atoms with van der Waals surface area (Å²) in [6, 6.07) is 4.28. The Bertz CT molecular complexity index is 342. The number of aromatic nitrogens is 1. The predicted octanol–water partition coefficient (Wildman–Crippen LogP) is 2.56. The van der Waals surface area contributed by atoms with Crippen LogP contribution in [0.15, 0.2) is 24.3 Å². The number of rotatable bonds is 3. The molecule has 0 saturated carbocycles. The molecule has 14 heavy (non-hydrogen) atoms. The van der Waals surface area contributed by atoms with Gasteiger partial charge in [-0.15, -0.1) is 0 Å². The molecule has 2 rings (SSSR count). The van der Waals surface area contributed by atoms with E-state index in [4.69, 9.17) is 0 Å². The zero-order valence-electron chi connectivity index (χ0n) is 8.59. The van der Waals surface area contributed by atoms with Crippen molar-refractivity contribution in [2.75, 3.05) is 11.9 Å². The molecule has 0 atom stereocenters. The Morgan fingerprint density at radius 3 is 3.21 bits per heavy atom. The normalized spacial score (nSPS) is 14.6. The van der Waals surface area contributed by atoms with Gasteiger partial charge in [0, 0.05) is 12.2 Å². The molecule has 0 spiro atoms. The number of fused-ring (bicyclic) bond motifs is 1. The first kappa shape index (κ1) is 9.25. The second kappa shape index (κ2) is 4.27. The van der Waals surface area contributed by atoms with Crippen LogP contribution in [-0.2, 0) is 12.8 Å². The van der Waals surface area contributed by atoms with Crippen molar-refractivity contribution in [3.63, 3.8) is 0 Å². The molecule has 0 amide bonds. The first-order valence-electron chi connectivity index (χ1n) is 5.24. The van der Waals surface area contributed by atoms with Gasteiger partial charge >= 0.3 is 0 Å². The van der Waals surface area contributed by atoms with E-state index in [9.17, 15) is 0 Å². The quantitative estimate of drug-likeness (QED) is 0.737. The van der Waals surface area contributed by atoms with Crippen LogP contribution in [-0.4, -0.2) is 11.5 Å². The molecule has 1 aromatic rings. The monoisotopic (exact) mass is 188 g/mol. The van der Waals surface area contributed by atoms with Crippen LogP contribution in [0, 0.1) is 0 Å². The van der Waals surface area contributed by atoms with Crippen molar-refractivity contribution in [2.24, 2.45) is 0 Å². The SMILES string of the molecule is C/C=C/CNc1ccc2c(n1)CCC2. The Hall–Kier alpha value is -1.31. The van der Waals surface area contributed by atoms with E-state index in [1.54, 1.807) is 0 Å². The molecule has 1 aliphatic rings. The summed E-state index contributed by atoms with van der Waals surface area (Å²) in [6.07, 6.45) is 7.75. The van der Waals surface area contributed by atoms with E-state index in [1.165, 1.54) is 24.1 Å². The average Bonchev–Trinajstić information content (AvgIpc) is 2.65. The highest BCUT2D eigenvalue weighted by molar-refractivity contribution is 5.40. The van der Waals surface area contributed by atoms with Gasteiger partial charge in [0.2, 0.25) is 0 Å². The summed E-state index contributed by atoms with van der Waals surface area (Å²) in [7, 11) is 0. The Kier molecular flexibility index (Phi) is 2.82. The standard InChI is InChI=1S/C12H16N2/c1-2-3-9-13-12-8-7-10-5-4-6-11(10)14-12/h2-3,7-8H,4-6,9H2,1H3,(H,13,14)/b3-2+. The molecule has 2 nitrogen and oxygen atoms in total. The van der Waals surface area contributed by atoms with Crippen LogP contribution < -0.4 is 5.32 Å². The van der Waals surface area contributed by atoms with Crippen molar-refractivity contribution in [3.05, 3.63) is 35.5 Å². The van der Waals surface area contributed by atoms with E-state index in [0.717, 1.165) is 18.8 Å². The summed E-state index contributed by atoms with van der Waals surface area (Å²) in [5.41, 5.74) is 2.72.